The van der Waals surface area contributed by atoms with Gasteiger partial charge in [-0.2, -0.15) is 0 Å². The first-order valence-electron chi connectivity index (χ1n) is 3.37. The van der Waals surface area contributed by atoms with Gasteiger partial charge in [-0.3, -0.25) is 0 Å². The van der Waals surface area contributed by atoms with Crippen LogP contribution in [-0.2, 0) is 5.88 Å². The van der Waals surface area contributed by atoms with E-state index in [0.717, 1.165) is 11.3 Å². The number of para-hydroxylation sites is 1. The molecule has 0 fully saturated rings. The highest BCUT2D eigenvalue weighted by molar-refractivity contribution is 6.64. The van der Waals surface area contributed by atoms with Crippen molar-refractivity contribution >= 4 is 34.2 Å². The van der Waals surface area contributed by atoms with Crippen molar-refractivity contribution in [1.82, 2.24) is 0 Å². The molecule has 64 valence electrons. The van der Waals surface area contributed by atoms with E-state index < -0.39 is 0 Å². The molecule has 1 rings (SSSR count). The molecule has 0 aliphatic rings. The fourth-order valence-electron chi connectivity index (χ4n) is 0.848. The van der Waals surface area contributed by atoms with Gasteiger partial charge in [0.05, 0.1) is 5.69 Å². The summed E-state index contributed by atoms with van der Waals surface area (Å²) in [5.41, 5.74) is 6.86. The standard InChI is InChI=1S/C8H8Cl2N2/c9-5-6-3-1-2-4-7(6)12-8(10)11/h1-4H,5H2,(H2,11,12). The zero-order chi connectivity index (χ0) is 8.97. The SMILES string of the molecule is N/C(Cl)=N\c1ccccc1CCl. The number of alkyl halides is 1. The molecule has 0 aliphatic carbocycles. The van der Waals surface area contributed by atoms with E-state index in [2.05, 4.69) is 4.99 Å². The predicted octanol–water partition coefficient (Wildman–Crippen LogP) is 2.61. The summed E-state index contributed by atoms with van der Waals surface area (Å²) < 4.78 is 0. The number of rotatable bonds is 2. The van der Waals surface area contributed by atoms with Crippen molar-refractivity contribution in [2.45, 2.75) is 5.88 Å². The van der Waals surface area contributed by atoms with Crippen LogP contribution >= 0.6 is 23.2 Å². The number of aliphatic imine (C=N–C) groups is 1. The normalized spacial score (nSPS) is 11.7. The van der Waals surface area contributed by atoms with Crippen LogP contribution in [0.1, 0.15) is 5.56 Å². The van der Waals surface area contributed by atoms with Gasteiger partial charge in [-0.15, -0.1) is 11.6 Å². The summed E-state index contributed by atoms with van der Waals surface area (Å²) in [6.45, 7) is 0. The van der Waals surface area contributed by atoms with Crippen LogP contribution in [0.4, 0.5) is 5.69 Å². The first kappa shape index (κ1) is 9.36. The Bertz CT molecular complexity index is 293. The van der Waals surface area contributed by atoms with E-state index >= 15 is 0 Å². The van der Waals surface area contributed by atoms with Crippen molar-refractivity contribution < 1.29 is 0 Å². The maximum absolute atomic E-state index is 5.66. The highest BCUT2D eigenvalue weighted by atomic mass is 35.5. The smallest absolute Gasteiger partial charge is 0.193 e. The molecule has 12 heavy (non-hydrogen) atoms. The van der Waals surface area contributed by atoms with E-state index in [9.17, 15) is 0 Å². The minimum absolute atomic E-state index is 0.0209. The minimum Gasteiger partial charge on any atom is -0.374 e. The summed E-state index contributed by atoms with van der Waals surface area (Å²) >= 11 is 11.1. The zero-order valence-electron chi connectivity index (χ0n) is 6.30. The van der Waals surface area contributed by atoms with Crippen molar-refractivity contribution in [3.8, 4) is 0 Å². The molecule has 1 aromatic rings. The molecule has 0 spiro atoms. The number of hydrogen-bond acceptors (Lipinski definition) is 1. The molecule has 0 aromatic heterocycles. The van der Waals surface area contributed by atoms with Gasteiger partial charge in [0.25, 0.3) is 0 Å². The molecule has 0 atom stereocenters. The lowest BCUT2D eigenvalue weighted by Gasteiger charge is -1.99. The Labute approximate surface area is 81.0 Å². The molecule has 2 nitrogen and oxygen atoms in total. The van der Waals surface area contributed by atoms with Crippen LogP contribution in [0.3, 0.4) is 0 Å². The second-order valence-electron chi connectivity index (χ2n) is 2.20. The van der Waals surface area contributed by atoms with Crippen LogP contribution in [0, 0.1) is 0 Å². The van der Waals surface area contributed by atoms with Crippen molar-refractivity contribution in [3.05, 3.63) is 29.8 Å². The van der Waals surface area contributed by atoms with Crippen LogP contribution < -0.4 is 5.73 Å². The minimum atomic E-state index is 0.0209. The molecular formula is C8H8Cl2N2. The Hall–Kier alpha value is -0.730. The lowest BCUT2D eigenvalue weighted by Crippen LogP contribution is -2.00. The molecule has 0 unspecified atom stereocenters. The van der Waals surface area contributed by atoms with E-state index in [1.165, 1.54) is 0 Å². The van der Waals surface area contributed by atoms with Crippen LogP contribution in [0.15, 0.2) is 29.3 Å². The second-order valence-corrected chi connectivity index (χ2v) is 2.85. The lowest BCUT2D eigenvalue weighted by molar-refractivity contribution is 1.35. The summed E-state index contributed by atoms with van der Waals surface area (Å²) in [4.78, 5) is 3.91. The van der Waals surface area contributed by atoms with Gasteiger partial charge < -0.3 is 5.73 Å². The van der Waals surface area contributed by atoms with Gasteiger partial charge in [-0.05, 0) is 23.2 Å². The van der Waals surface area contributed by atoms with Crippen molar-refractivity contribution in [2.24, 2.45) is 10.7 Å². The summed E-state index contributed by atoms with van der Waals surface area (Å²) in [7, 11) is 0. The number of amidine groups is 1. The summed E-state index contributed by atoms with van der Waals surface area (Å²) in [6.07, 6.45) is 0. The van der Waals surface area contributed by atoms with E-state index in [4.69, 9.17) is 28.9 Å². The monoisotopic (exact) mass is 202 g/mol. The quantitative estimate of drug-likeness (QED) is 0.341. The molecule has 0 aliphatic heterocycles. The van der Waals surface area contributed by atoms with E-state index in [1.807, 2.05) is 24.3 Å². The Balaban J connectivity index is 3.05. The Morgan fingerprint density at radius 2 is 2.08 bits per heavy atom. The van der Waals surface area contributed by atoms with Crippen LogP contribution in [-0.4, -0.2) is 5.29 Å². The van der Waals surface area contributed by atoms with E-state index in [0.29, 0.717) is 5.88 Å². The fourth-order valence-corrected chi connectivity index (χ4v) is 1.17. The van der Waals surface area contributed by atoms with Gasteiger partial charge in [0.2, 0.25) is 0 Å². The van der Waals surface area contributed by atoms with Crippen LogP contribution in [0.2, 0.25) is 0 Å². The molecule has 0 amide bonds. The third-order valence-electron chi connectivity index (χ3n) is 1.36. The Kier molecular flexibility index (Phi) is 3.38. The molecule has 0 heterocycles. The molecule has 2 N–H and O–H groups in total. The number of nitrogens with zero attached hydrogens (tertiary/aromatic N) is 1. The molecule has 0 saturated carbocycles. The van der Waals surface area contributed by atoms with Gasteiger partial charge in [0.1, 0.15) is 0 Å². The first-order chi connectivity index (χ1) is 5.74. The van der Waals surface area contributed by atoms with Gasteiger partial charge in [0, 0.05) is 5.88 Å². The number of nitrogens with two attached hydrogens (primary N) is 1. The zero-order valence-corrected chi connectivity index (χ0v) is 7.81. The topological polar surface area (TPSA) is 38.4 Å². The molecule has 4 heteroatoms. The summed E-state index contributed by atoms with van der Waals surface area (Å²) in [5.74, 6) is 0.407. The molecule has 0 bridgehead atoms. The predicted molar refractivity (Wildman–Crippen MR) is 53.1 cm³/mol. The van der Waals surface area contributed by atoms with Crippen molar-refractivity contribution in [2.75, 3.05) is 0 Å². The Morgan fingerprint density at radius 3 is 2.67 bits per heavy atom. The average Bonchev–Trinajstić information content (AvgIpc) is 2.04. The van der Waals surface area contributed by atoms with Crippen molar-refractivity contribution in [1.29, 1.82) is 0 Å². The Morgan fingerprint density at radius 1 is 1.42 bits per heavy atom. The first-order valence-corrected chi connectivity index (χ1v) is 4.29. The van der Waals surface area contributed by atoms with E-state index in [-0.39, 0.29) is 5.29 Å². The third kappa shape index (κ3) is 2.40. The van der Waals surface area contributed by atoms with Crippen LogP contribution in [0.25, 0.3) is 0 Å². The van der Waals surface area contributed by atoms with E-state index in [1.54, 1.807) is 0 Å². The van der Waals surface area contributed by atoms with Gasteiger partial charge in [-0.1, -0.05) is 18.2 Å². The average molecular weight is 203 g/mol. The third-order valence-corrected chi connectivity index (χ3v) is 1.74. The number of hydrogen-bond donors (Lipinski definition) is 1. The van der Waals surface area contributed by atoms with Gasteiger partial charge in [0.15, 0.2) is 5.29 Å². The summed E-state index contributed by atoms with van der Waals surface area (Å²) in [6, 6.07) is 7.44. The second kappa shape index (κ2) is 4.33. The van der Waals surface area contributed by atoms with Crippen LogP contribution in [0.5, 0.6) is 0 Å². The molecule has 0 radical (unpaired) electrons. The molecule has 0 saturated heterocycles. The molecular weight excluding hydrogens is 195 g/mol. The highest BCUT2D eigenvalue weighted by Crippen LogP contribution is 2.20. The largest absolute Gasteiger partial charge is 0.374 e. The van der Waals surface area contributed by atoms with Crippen molar-refractivity contribution in [3.63, 3.8) is 0 Å². The molecule has 1 aromatic carbocycles. The number of halogens is 2. The summed E-state index contributed by atoms with van der Waals surface area (Å²) in [5, 5.41) is 0.0209. The van der Waals surface area contributed by atoms with Gasteiger partial charge in [-0.25, -0.2) is 4.99 Å². The number of benzene rings is 1. The fraction of sp³-hybridized carbons (Fsp3) is 0.125. The highest BCUT2D eigenvalue weighted by Gasteiger charge is 1.97. The lowest BCUT2D eigenvalue weighted by atomic mass is 10.2. The van der Waals surface area contributed by atoms with Gasteiger partial charge >= 0.3 is 0 Å². The maximum atomic E-state index is 5.66. The maximum Gasteiger partial charge on any atom is 0.193 e.